The molecule has 0 bridgehead atoms. The highest BCUT2D eigenvalue weighted by molar-refractivity contribution is 8.03. The van der Waals surface area contributed by atoms with Crippen LogP contribution in [0.15, 0.2) is 70.5 Å². The lowest BCUT2D eigenvalue weighted by atomic mass is 9.84. The lowest BCUT2D eigenvalue weighted by molar-refractivity contribution is 0.0696. The average Bonchev–Trinajstić information content (AvgIpc) is 2.76. The van der Waals surface area contributed by atoms with Gasteiger partial charge in [0, 0.05) is 73.3 Å². The van der Waals surface area contributed by atoms with Crippen LogP contribution in [0.4, 0.5) is 5.69 Å². The van der Waals surface area contributed by atoms with Gasteiger partial charge in [-0.3, -0.25) is 0 Å². The molecule has 2 aromatic rings. The standard InChI is InChI=1S/C25H23N3O3S/c1-27(2)15-5-8-19-22(11-15)31-23-12-16(28(3)4)6-9-20(23)24(19)18-10-7-17(32-14-26)13-21(18)25(29)30/h5-8,10-13H,9H2,1-4H3,(H,29,30). The predicted octanol–water partition coefficient (Wildman–Crippen LogP) is 4.95. The molecule has 162 valence electrons. The zero-order valence-corrected chi connectivity index (χ0v) is 19.2. The molecule has 1 aliphatic heterocycles. The largest absolute Gasteiger partial charge is 0.478 e. The third kappa shape index (κ3) is 3.85. The number of nitrogens with zero attached hydrogens (tertiary/aromatic N) is 3. The minimum absolute atomic E-state index is 0.166. The molecule has 0 spiro atoms. The van der Waals surface area contributed by atoms with Gasteiger partial charge in [-0.15, -0.1) is 0 Å². The van der Waals surface area contributed by atoms with Crippen molar-refractivity contribution >= 4 is 29.0 Å². The molecule has 32 heavy (non-hydrogen) atoms. The molecule has 0 saturated heterocycles. The van der Waals surface area contributed by atoms with E-state index < -0.39 is 5.97 Å². The van der Waals surface area contributed by atoms with Gasteiger partial charge in [0.15, 0.2) is 0 Å². The normalized spacial score (nSPS) is 14.3. The summed E-state index contributed by atoms with van der Waals surface area (Å²) >= 11 is 0.949. The molecule has 0 aromatic heterocycles. The van der Waals surface area contributed by atoms with E-state index in [0.717, 1.165) is 45.6 Å². The Kier molecular flexibility index (Phi) is 5.72. The van der Waals surface area contributed by atoms with Crippen LogP contribution in [0.5, 0.6) is 5.75 Å². The van der Waals surface area contributed by atoms with Crippen molar-refractivity contribution in [2.24, 2.45) is 0 Å². The van der Waals surface area contributed by atoms with E-state index in [1.54, 1.807) is 18.2 Å². The van der Waals surface area contributed by atoms with Gasteiger partial charge < -0.3 is 19.6 Å². The first-order valence-electron chi connectivity index (χ1n) is 10.1. The van der Waals surface area contributed by atoms with E-state index in [2.05, 4.69) is 6.08 Å². The summed E-state index contributed by atoms with van der Waals surface area (Å²) in [5.74, 6) is 0.381. The summed E-state index contributed by atoms with van der Waals surface area (Å²) in [4.78, 5) is 16.8. The minimum atomic E-state index is -1.03. The Labute approximate surface area is 191 Å². The van der Waals surface area contributed by atoms with Crippen molar-refractivity contribution in [1.82, 2.24) is 4.90 Å². The molecule has 0 saturated carbocycles. The second-order valence-corrected chi connectivity index (χ2v) is 8.83. The van der Waals surface area contributed by atoms with Crippen LogP contribution in [0.2, 0.25) is 0 Å². The molecular weight excluding hydrogens is 422 g/mol. The highest BCUT2D eigenvalue weighted by atomic mass is 32.2. The molecule has 2 aliphatic rings. The number of carbonyl (C=O) groups is 1. The first kappa shape index (κ1) is 21.6. The van der Waals surface area contributed by atoms with Gasteiger partial charge in [-0.05, 0) is 48.0 Å². The summed E-state index contributed by atoms with van der Waals surface area (Å²) in [5.41, 5.74) is 5.46. The van der Waals surface area contributed by atoms with Crippen molar-refractivity contribution in [2.75, 3.05) is 33.1 Å². The fraction of sp³-hybridized carbons (Fsp3) is 0.200. The van der Waals surface area contributed by atoms with Gasteiger partial charge in [-0.1, -0.05) is 12.1 Å². The van der Waals surface area contributed by atoms with E-state index in [9.17, 15) is 9.90 Å². The minimum Gasteiger partial charge on any atom is -0.478 e. The molecular formula is C25H23N3O3S. The molecule has 7 heteroatoms. The topological polar surface area (TPSA) is 76.8 Å². The van der Waals surface area contributed by atoms with Crippen molar-refractivity contribution < 1.29 is 14.6 Å². The second kappa shape index (κ2) is 8.48. The Morgan fingerprint density at radius 1 is 1.09 bits per heavy atom. The lowest BCUT2D eigenvalue weighted by Gasteiger charge is -2.31. The van der Waals surface area contributed by atoms with Crippen LogP contribution in [0.1, 0.15) is 27.9 Å². The number of hydrogen-bond acceptors (Lipinski definition) is 6. The Morgan fingerprint density at radius 2 is 1.84 bits per heavy atom. The number of aromatic carboxylic acids is 1. The summed E-state index contributed by atoms with van der Waals surface area (Å²) in [7, 11) is 7.89. The summed E-state index contributed by atoms with van der Waals surface area (Å²) in [6.45, 7) is 0. The van der Waals surface area contributed by atoms with Gasteiger partial charge in [0.1, 0.15) is 16.9 Å². The predicted molar refractivity (Wildman–Crippen MR) is 127 cm³/mol. The van der Waals surface area contributed by atoms with Crippen molar-refractivity contribution in [1.29, 1.82) is 5.26 Å². The molecule has 4 rings (SSSR count). The maximum atomic E-state index is 12.2. The second-order valence-electron chi connectivity index (χ2n) is 7.97. The van der Waals surface area contributed by atoms with Gasteiger partial charge in [-0.25, -0.2) is 4.79 Å². The van der Waals surface area contributed by atoms with Crippen LogP contribution in [0, 0.1) is 10.7 Å². The van der Waals surface area contributed by atoms with Crippen LogP contribution in [-0.2, 0) is 0 Å². The molecule has 1 N–H and O–H groups in total. The summed E-state index contributed by atoms with van der Waals surface area (Å²) < 4.78 is 6.34. The maximum Gasteiger partial charge on any atom is 0.336 e. The highest BCUT2D eigenvalue weighted by Crippen LogP contribution is 2.46. The van der Waals surface area contributed by atoms with Crippen molar-refractivity contribution in [3.8, 4) is 11.2 Å². The number of hydrogen-bond donors (Lipinski definition) is 1. The van der Waals surface area contributed by atoms with Crippen molar-refractivity contribution in [3.63, 3.8) is 0 Å². The SMILES string of the molecule is CN(C)C1=CCC2=C(c3ccc(SC#N)cc3C(=O)O)c3ccc(N(C)C)cc3OC2=C1. The molecule has 0 fully saturated rings. The molecule has 0 unspecified atom stereocenters. The fourth-order valence-corrected chi connectivity index (χ4v) is 4.34. The number of carboxylic acids is 1. The van der Waals surface area contributed by atoms with Crippen LogP contribution in [0.25, 0.3) is 5.57 Å². The number of benzene rings is 2. The number of allylic oxidation sites excluding steroid dienone is 3. The van der Waals surface area contributed by atoms with E-state index in [0.29, 0.717) is 22.6 Å². The molecule has 1 heterocycles. The van der Waals surface area contributed by atoms with Gasteiger partial charge in [0.25, 0.3) is 0 Å². The van der Waals surface area contributed by atoms with Crippen LogP contribution in [0.3, 0.4) is 0 Å². The lowest BCUT2D eigenvalue weighted by Crippen LogP contribution is -2.19. The number of thioether (sulfide) groups is 1. The molecule has 0 amide bonds. The van der Waals surface area contributed by atoms with E-state index in [1.807, 2.05) is 67.7 Å². The van der Waals surface area contributed by atoms with Gasteiger partial charge in [0.2, 0.25) is 0 Å². The molecule has 1 aliphatic carbocycles. The number of ether oxygens (including phenoxy) is 1. The number of thiocyanates is 1. The van der Waals surface area contributed by atoms with Gasteiger partial charge >= 0.3 is 5.97 Å². The number of fused-ring (bicyclic) bond motifs is 2. The molecule has 6 nitrogen and oxygen atoms in total. The number of carboxylic acid groups (broad SMARTS) is 1. The third-order valence-corrected chi connectivity index (χ3v) is 6.12. The quantitative estimate of drug-likeness (QED) is 0.515. The average molecular weight is 446 g/mol. The van der Waals surface area contributed by atoms with E-state index in [-0.39, 0.29) is 5.56 Å². The summed E-state index contributed by atoms with van der Waals surface area (Å²) in [5, 5.41) is 21.0. The first-order chi connectivity index (χ1) is 15.3. The zero-order chi connectivity index (χ0) is 23.0. The summed E-state index contributed by atoms with van der Waals surface area (Å²) in [6.07, 6.45) is 4.73. The maximum absolute atomic E-state index is 12.2. The van der Waals surface area contributed by atoms with Gasteiger partial charge in [-0.2, -0.15) is 5.26 Å². The third-order valence-electron chi connectivity index (χ3n) is 5.54. The van der Waals surface area contributed by atoms with Crippen LogP contribution in [-0.4, -0.2) is 44.2 Å². The Bertz CT molecular complexity index is 1250. The van der Waals surface area contributed by atoms with Crippen molar-refractivity contribution in [2.45, 2.75) is 11.3 Å². The summed E-state index contributed by atoms with van der Waals surface area (Å²) in [6, 6.07) is 11.1. The molecule has 0 radical (unpaired) electrons. The Morgan fingerprint density at radius 3 is 2.50 bits per heavy atom. The number of anilines is 1. The van der Waals surface area contributed by atoms with E-state index in [4.69, 9.17) is 10.00 Å². The Hall–Kier alpha value is -3.63. The molecule has 0 atom stereocenters. The highest BCUT2D eigenvalue weighted by Gasteiger charge is 2.30. The smallest absolute Gasteiger partial charge is 0.336 e. The zero-order valence-electron chi connectivity index (χ0n) is 18.3. The number of rotatable bonds is 5. The number of nitriles is 1. The van der Waals surface area contributed by atoms with Gasteiger partial charge in [0.05, 0.1) is 5.56 Å². The van der Waals surface area contributed by atoms with Crippen LogP contribution >= 0.6 is 11.8 Å². The van der Waals surface area contributed by atoms with Crippen molar-refractivity contribution in [3.05, 3.63) is 82.3 Å². The van der Waals surface area contributed by atoms with Crippen LogP contribution < -0.4 is 9.64 Å². The Balaban J connectivity index is 1.98. The van der Waals surface area contributed by atoms with E-state index >= 15 is 0 Å². The number of likely N-dealkylation sites (N-methyl/N-ethyl adjacent to an activating group) is 1. The van der Waals surface area contributed by atoms with E-state index in [1.165, 1.54) is 0 Å². The first-order valence-corrected chi connectivity index (χ1v) is 10.9. The monoisotopic (exact) mass is 445 g/mol. The fourth-order valence-electron chi connectivity index (χ4n) is 3.92. The molecule has 2 aromatic carbocycles.